The van der Waals surface area contributed by atoms with Crippen LogP contribution in [0.4, 0.5) is 5.69 Å². The highest BCUT2D eigenvalue weighted by Gasteiger charge is 2.22. The Morgan fingerprint density at radius 3 is 2.71 bits per heavy atom. The van der Waals surface area contributed by atoms with Crippen molar-refractivity contribution < 1.29 is 19.2 Å². The Hall–Kier alpha value is -1.76. The molecule has 0 N–H and O–H groups in total. The number of methoxy groups -OCH3 is 1. The van der Waals surface area contributed by atoms with Crippen LogP contribution < -0.4 is 0 Å². The zero-order valence-electron chi connectivity index (χ0n) is 8.81. The summed E-state index contributed by atoms with van der Waals surface area (Å²) in [7, 11) is 1.19. The lowest BCUT2D eigenvalue weighted by molar-refractivity contribution is -0.385. The fraction of sp³-hybridized carbons (Fsp3) is 0.200. The van der Waals surface area contributed by atoms with Gasteiger partial charge in [0.15, 0.2) is 6.29 Å². The molecule has 0 fully saturated rings. The number of benzene rings is 1. The fourth-order valence-corrected chi connectivity index (χ4v) is 1.88. The van der Waals surface area contributed by atoms with Crippen molar-refractivity contribution in [1.82, 2.24) is 0 Å². The van der Waals surface area contributed by atoms with Crippen molar-refractivity contribution in [2.45, 2.75) is 6.42 Å². The summed E-state index contributed by atoms with van der Waals surface area (Å²) in [5.74, 6) is -0.608. The molecule has 0 saturated carbocycles. The van der Waals surface area contributed by atoms with E-state index in [2.05, 4.69) is 20.7 Å². The molecule has 17 heavy (non-hydrogen) atoms. The normalized spacial score (nSPS) is 9.76. The summed E-state index contributed by atoms with van der Waals surface area (Å²) in [6, 6.07) is 2.74. The van der Waals surface area contributed by atoms with Crippen molar-refractivity contribution in [3.05, 3.63) is 37.8 Å². The van der Waals surface area contributed by atoms with E-state index in [9.17, 15) is 19.7 Å². The first kappa shape index (κ1) is 13.3. The summed E-state index contributed by atoms with van der Waals surface area (Å²) in [5.41, 5.74) is -0.310. The van der Waals surface area contributed by atoms with Gasteiger partial charge in [0.05, 0.1) is 24.0 Å². The summed E-state index contributed by atoms with van der Waals surface area (Å²) in [4.78, 5) is 32.0. The predicted octanol–water partition coefficient (Wildman–Crippen LogP) is 1.89. The van der Waals surface area contributed by atoms with E-state index in [-0.39, 0.29) is 23.2 Å². The molecular weight excluding hydrogens is 294 g/mol. The van der Waals surface area contributed by atoms with Crippen molar-refractivity contribution >= 4 is 33.9 Å². The third kappa shape index (κ3) is 3.10. The number of halogens is 1. The lowest BCUT2D eigenvalue weighted by Gasteiger charge is -2.04. The molecule has 1 aromatic carbocycles. The van der Waals surface area contributed by atoms with Gasteiger partial charge >= 0.3 is 5.97 Å². The minimum absolute atomic E-state index is 0.0803. The molecule has 0 unspecified atom stereocenters. The number of hydrogen-bond donors (Lipinski definition) is 0. The van der Waals surface area contributed by atoms with Gasteiger partial charge in [-0.3, -0.25) is 19.7 Å². The Kier molecular flexibility index (Phi) is 4.33. The zero-order chi connectivity index (χ0) is 13.0. The van der Waals surface area contributed by atoms with E-state index in [1.54, 1.807) is 0 Å². The third-order valence-electron chi connectivity index (χ3n) is 2.06. The molecule has 0 aliphatic carbocycles. The lowest BCUT2D eigenvalue weighted by Crippen LogP contribution is -2.08. The first-order valence-electron chi connectivity index (χ1n) is 4.48. The van der Waals surface area contributed by atoms with E-state index in [1.807, 2.05) is 0 Å². The average molecular weight is 302 g/mol. The van der Waals surface area contributed by atoms with E-state index >= 15 is 0 Å². The van der Waals surface area contributed by atoms with Crippen LogP contribution in [0.15, 0.2) is 16.6 Å². The van der Waals surface area contributed by atoms with E-state index in [0.29, 0.717) is 10.8 Å². The maximum Gasteiger partial charge on any atom is 0.310 e. The van der Waals surface area contributed by atoms with Crippen LogP contribution in [-0.2, 0) is 16.0 Å². The smallest absolute Gasteiger partial charge is 0.310 e. The predicted molar refractivity (Wildman–Crippen MR) is 61.9 cm³/mol. The standard InChI is InChI=1S/C10H8BrNO5/c1-17-9(14)4-6-2-8(11)3-7(5-13)10(6)12(15)16/h2-3,5H,4H2,1H3. The SMILES string of the molecule is COC(=O)Cc1cc(Br)cc(C=O)c1[N+](=O)[O-]. The van der Waals surface area contributed by atoms with Gasteiger partial charge in [-0.25, -0.2) is 0 Å². The molecule has 0 aliphatic heterocycles. The zero-order valence-corrected chi connectivity index (χ0v) is 10.4. The highest BCUT2D eigenvalue weighted by molar-refractivity contribution is 9.10. The molecule has 0 aromatic heterocycles. The maximum atomic E-state index is 11.1. The van der Waals surface area contributed by atoms with E-state index in [0.717, 1.165) is 0 Å². The quantitative estimate of drug-likeness (QED) is 0.367. The number of esters is 1. The number of carbonyl (C=O) groups is 2. The van der Waals surface area contributed by atoms with Crippen LogP contribution >= 0.6 is 15.9 Å². The van der Waals surface area contributed by atoms with Gasteiger partial charge in [0.2, 0.25) is 0 Å². The number of rotatable bonds is 4. The summed E-state index contributed by atoms with van der Waals surface area (Å²) in [6.45, 7) is 0. The maximum absolute atomic E-state index is 11.1. The highest BCUT2D eigenvalue weighted by Crippen LogP contribution is 2.27. The highest BCUT2D eigenvalue weighted by atomic mass is 79.9. The number of hydrogen-bond acceptors (Lipinski definition) is 5. The van der Waals surface area contributed by atoms with Crippen molar-refractivity contribution in [3.8, 4) is 0 Å². The second kappa shape index (κ2) is 5.53. The van der Waals surface area contributed by atoms with Crippen molar-refractivity contribution in [2.24, 2.45) is 0 Å². The van der Waals surface area contributed by atoms with Gasteiger partial charge in [0.1, 0.15) is 0 Å². The van der Waals surface area contributed by atoms with Crippen LogP contribution in [0.3, 0.4) is 0 Å². The third-order valence-corrected chi connectivity index (χ3v) is 2.51. The summed E-state index contributed by atoms with van der Waals surface area (Å²) in [5, 5.41) is 10.9. The first-order valence-corrected chi connectivity index (χ1v) is 5.27. The Bertz CT molecular complexity index is 486. The van der Waals surface area contributed by atoms with Gasteiger partial charge in [-0.1, -0.05) is 15.9 Å². The van der Waals surface area contributed by atoms with E-state index < -0.39 is 10.9 Å². The van der Waals surface area contributed by atoms with Crippen molar-refractivity contribution in [1.29, 1.82) is 0 Å². The minimum atomic E-state index is -0.686. The van der Waals surface area contributed by atoms with Gasteiger partial charge in [-0.05, 0) is 12.1 Å². The Labute approximate surface area is 105 Å². The van der Waals surface area contributed by atoms with Gasteiger partial charge < -0.3 is 4.74 Å². The molecule has 0 bridgehead atoms. The molecular formula is C10H8BrNO5. The molecule has 0 spiro atoms. The van der Waals surface area contributed by atoms with E-state index in [4.69, 9.17) is 0 Å². The molecule has 0 amide bonds. The minimum Gasteiger partial charge on any atom is -0.469 e. The number of carbonyl (C=O) groups excluding carboxylic acids is 2. The number of ether oxygens (including phenoxy) is 1. The second-order valence-electron chi connectivity index (χ2n) is 3.13. The van der Waals surface area contributed by atoms with Gasteiger partial charge in [-0.2, -0.15) is 0 Å². The average Bonchev–Trinajstić information content (AvgIpc) is 2.27. The summed E-state index contributed by atoms with van der Waals surface area (Å²) in [6.07, 6.45) is 0.122. The molecule has 1 aromatic rings. The number of nitro benzene ring substituents is 1. The van der Waals surface area contributed by atoms with Crippen LogP contribution in [-0.4, -0.2) is 24.3 Å². The Balaban J connectivity index is 3.35. The van der Waals surface area contributed by atoms with Gasteiger partial charge in [0, 0.05) is 10.0 Å². The molecule has 0 aliphatic rings. The van der Waals surface area contributed by atoms with Crippen LogP contribution in [0.2, 0.25) is 0 Å². The molecule has 0 saturated heterocycles. The molecule has 90 valence electrons. The largest absolute Gasteiger partial charge is 0.469 e. The van der Waals surface area contributed by atoms with Crippen LogP contribution in [0.1, 0.15) is 15.9 Å². The Morgan fingerprint density at radius 2 is 2.24 bits per heavy atom. The molecule has 1 rings (SSSR count). The Morgan fingerprint density at radius 1 is 1.59 bits per heavy atom. The molecule has 7 heteroatoms. The van der Waals surface area contributed by atoms with Gasteiger partial charge in [-0.15, -0.1) is 0 Å². The molecule has 0 heterocycles. The van der Waals surface area contributed by atoms with Crippen molar-refractivity contribution in [2.75, 3.05) is 7.11 Å². The second-order valence-corrected chi connectivity index (χ2v) is 4.05. The van der Waals surface area contributed by atoms with E-state index in [1.165, 1.54) is 19.2 Å². The summed E-state index contributed by atoms with van der Waals surface area (Å²) >= 11 is 3.12. The number of aldehydes is 1. The number of nitro groups is 1. The molecule has 6 nitrogen and oxygen atoms in total. The summed E-state index contributed by atoms with van der Waals surface area (Å²) < 4.78 is 4.93. The molecule has 0 atom stereocenters. The first-order chi connectivity index (χ1) is 7.99. The van der Waals surface area contributed by atoms with Crippen LogP contribution in [0, 0.1) is 10.1 Å². The topological polar surface area (TPSA) is 86.5 Å². The van der Waals surface area contributed by atoms with Crippen LogP contribution in [0.5, 0.6) is 0 Å². The monoisotopic (exact) mass is 301 g/mol. The van der Waals surface area contributed by atoms with Gasteiger partial charge in [0.25, 0.3) is 5.69 Å². The lowest BCUT2D eigenvalue weighted by atomic mass is 10.1. The van der Waals surface area contributed by atoms with Crippen LogP contribution in [0.25, 0.3) is 0 Å². The molecule has 0 radical (unpaired) electrons. The van der Waals surface area contributed by atoms with Crippen molar-refractivity contribution in [3.63, 3.8) is 0 Å². The fourth-order valence-electron chi connectivity index (χ4n) is 1.35. The number of nitrogens with zero attached hydrogens (tertiary/aromatic N) is 1.